The SMILES string of the molecule is CC(=O)OCC1=CC(=O)C2C(CCC3C2(C)CCC32OC2(C)C)C1C1CO1. The lowest BCUT2D eigenvalue weighted by Gasteiger charge is -2.52. The molecule has 5 nitrogen and oxygen atoms in total. The summed E-state index contributed by atoms with van der Waals surface area (Å²) in [4.78, 5) is 24.6. The van der Waals surface area contributed by atoms with E-state index in [-0.39, 0.29) is 52.9 Å². The first-order chi connectivity index (χ1) is 12.7. The smallest absolute Gasteiger partial charge is 0.302 e. The number of ether oxygens (including phenoxy) is 3. The summed E-state index contributed by atoms with van der Waals surface area (Å²) < 4.78 is 17.2. The Bertz CT molecular complexity index is 735. The first-order valence-corrected chi connectivity index (χ1v) is 10.4. The van der Waals surface area contributed by atoms with E-state index in [0.717, 1.165) is 37.9 Å². The molecule has 4 fully saturated rings. The van der Waals surface area contributed by atoms with Gasteiger partial charge >= 0.3 is 5.97 Å². The lowest BCUT2D eigenvalue weighted by Crippen LogP contribution is -2.53. The molecule has 5 aliphatic rings. The van der Waals surface area contributed by atoms with Crippen LogP contribution in [0.3, 0.4) is 0 Å². The topological polar surface area (TPSA) is 68.4 Å². The predicted octanol–water partition coefficient (Wildman–Crippen LogP) is 3.06. The first-order valence-electron chi connectivity index (χ1n) is 10.4. The highest BCUT2D eigenvalue weighted by Crippen LogP contribution is 2.72. The molecule has 2 heterocycles. The van der Waals surface area contributed by atoms with Gasteiger partial charge in [0.05, 0.1) is 18.3 Å². The van der Waals surface area contributed by atoms with Crippen LogP contribution in [-0.2, 0) is 23.8 Å². The number of hydrogen-bond donors (Lipinski definition) is 0. The van der Waals surface area contributed by atoms with Crippen molar-refractivity contribution in [2.75, 3.05) is 13.2 Å². The van der Waals surface area contributed by atoms with E-state index in [0.29, 0.717) is 11.8 Å². The van der Waals surface area contributed by atoms with E-state index in [2.05, 4.69) is 20.8 Å². The van der Waals surface area contributed by atoms with Gasteiger partial charge in [0.1, 0.15) is 12.2 Å². The van der Waals surface area contributed by atoms with E-state index in [1.165, 1.54) is 6.92 Å². The minimum atomic E-state index is -0.303. The third-order valence-corrected chi connectivity index (χ3v) is 8.46. The quantitative estimate of drug-likeness (QED) is 0.561. The third-order valence-electron chi connectivity index (χ3n) is 8.46. The molecule has 1 spiro atoms. The van der Waals surface area contributed by atoms with Gasteiger partial charge < -0.3 is 14.2 Å². The maximum Gasteiger partial charge on any atom is 0.302 e. The van der Waals surface area contributed by atoms with Crippen LogP contribution in [0.25, 0.3) is 0 Å². The van der Waals surface area contributed by atoms with E-state index >= 15 is 0 Å². The van der Waals surface area contributed by atoms with E-state index in [1.807, 2.05) is 0 Å². The summed E-state index contributed by atoms with van der Waals surface area (Å²) in [6.45, 7) is 9.11. The summed E-state index contributed by atoms with van der Waals surface area (Å²) >= 11 is 0. The zero-order valence-corrected chi connectivity index (χ0v) is 16.7. The van der Waals surface area contributed by atoms with Crippen LogP contribution in [0.5, 0.6) is 0 Å². The molecule has 0 aromatic rings. The standard InChI is InChI=1S/C22H30O5/c1-12(23)25-10-13-9-15(24)19-14(18(13)16-11-26-16)5-6-17-21(19,4)7-8-22(17)20(2,3)27-22/h9,14,16-19H,5-8,10-11H2,1-4H3. The van der Waals surface area contributed by atoms with Crippen molar-refractivity contribution in [2.24, 2.45) is 29.1 Å². The Morgan fingerprint density at radius 3 is 2.56 bits per heavy atom. The second kappa shape index (κ2) is 5.44. The normalized spacial score (nSPS) is 49.3. The highest BCUT2D eigenvalue weighted by molar-refractivity contribution is 5.94. The van der Waals surface area contributed by atoms with Crippen molar-refractivity contribution in [1.29, 1.82) is 0 Å². The average Bonchev–Trinajstić information content (AvgIpc) is 3.46. The Labute approximate surface area is 160 Å². The lowest BCUT2D eigenvalue weighted by molar-refractivity contribution is -0.141. The van der Waals surface area contributed by atoms with Crippen LogP contribution in [0.1, 0.15) is 53.4 Å². The fourth-order valence-corrected chi connectivity index (χ4v) is 7.23. The molecule has 0 aromatic heterocycles. The number of fused-ring (bicyclic) bond motifs is 4. The van der Waals surface area contributed by atoms with Gasteiger partial charge in [-0.2, -0.15) is 0 Å². The molecule has 2 aliphatic heterocycles. The Kier molecular flexibility index (Phi) is 3.60. The number of ketones is 1. The molecule has 0 aromatic carbocycles. The molecule has 148 valence electrons. The van der Waals surface area contributed by atoms with Gasteiger partial charge in [-0.1, -0.05) is 6.92 Å². The summed E-state index contributed by atoms with van der Waals surface area (Å²) in [5, 5.41) is 0. The van der Waals surface area contributed by atoms with Crippen molar-refractivity contribution in [1.82, 2.24) is 0 Å². The van der Waals surface area contributed by atoms with Gasteiger partial charge in [0, 0.05) is 18.8 Å². The zero-order chi connectivity index (χ0) is 19.2. The molecule has 0 radical (unpaired) electrons. The first kappa shape index (κ1) is 17.9. The zero-order valence-electron chi connectivity index (χ0n) is 16.7. The van der Waals surface area contributed by atoms with Crippen LogP contribution in [0.4, 0.5) is 0 Å². The highest BCUT2D eigenvalue weighted by atomic mass is 16.6. The van der Waals surface area contributed by atoms with E-state index in [9.17, 15) is 9.59 Å². The number of rotatable bonds is 3. The second-order valence-electron chi connectivity index (χ2n) is 10.1. The summed E-state index contributed by atoms with van der Waals surface area (Å²) in [5.41, 5.74) is 0.858. The van der Waals surface area contributed by atoms with Crippen molar-refractivity contribution < 1.29 is 23.8 Å². The number of carbonyl (C=O) groups is 2. The van der Waals surface area contributed by atoms with Crippen LogP contribution in [0.2, 0.25) is 0 Å². The van der Waals surface area contributed by atoms with Gasteiger partial charge in [-0.15, -0.1) is 0 Å². The van der Waals surface area contributed by atoms with Gasteiger partial charge in [0.25, 0.3) is 0 Å². The minimum Gasteiger partial charge on any atom is -0.461 e. The molecule has 0 amide bonds. The molecule has 3 aliphatic carbocycles. The average molecular weight is 374 g/mol. The molecule has 7 unspecified atom stereocenters. The van der Waals surface area contributed by atoms with Crippen molar-refractivity contribution in [3.63, 3.8) is 0 Å². The van der Waals surface area contributed by atoms with Crippen molar-refractivity contribution in [3.8, 4) is 0 Å². The van der Waals surface area contributed by atoms with Gasteiger partial charge in [0.15, 0.2) is 5.78 Å². The molecule has 5 rings (SSSR count). The van der Waals surface area contributed by atoms with E-state index in [1.54, 1.807) is 6.08 Å². The van der Waals surface area contributed by atoms with Gasteiger partial charge in [-0.3, -0.25) is 9.59 Å². The predicted molar refractivity (Wildman–Crippen MR) is 97.9 cm³/mol. The summed E-state index contributed by atoms with van der Waals surface area (Å²) in [6.07, 6.45) is 6.22. The summed E-state index contributed by atoms with van der Waals surface area (Å²) in [5.74, 6) is 0.901. The Hall–Kier alpha value is -1.20. The molecular formula is C22H30O5. The van der Waals surface area contributed by atoms with Crippen molar-refractivity contribution >= 4 is 11.8 Å². The number of carbonyl (C=O) groups excluding carboxylic acids is 2. The lowest BCUT2D eigenvalue weighted by atomic mass is 9.51. The van der Waals surface area contributed by atoms with Gasteiger partial charge in [-0.25, -0.2) is 0 Å². The van der Waals surface area contributed by atoms with Gasteiger partial charge in [0.2, 0.25) is 0 Å². The molecule has 7 atom stereocenters. The van der Waals surface area contributed by atoms with Crippen LogP contribution in [0.15, 0.2) is 11.6 Å². The molecular weight excluding hydrogens is 344 g/mol. The Morgan fingerprint density at radius 1 is 1.26 bits per heavy atom. The molecule has 0 bridgehead atoms. The minimum absolute atomic E-state index is 0.00955. The maximum absolute atomic E-state index is 13.3. The van der Waals surface area contributed by atoms with E-state index in [4.69, 9.17) is 14.2 Å². The van der Waals surface area contributed by atoms with Crippen LogP contribution >= 0.6 is 0 Å². The van der Waals surface area contributed by atoms with Crippen LogP contribution in [-0.4, -0.2) is 42.3 Å². The maximum atomic E-state index is 13.3. The molecule has 27 heavy (non-hydrogen) atoms. The van der Waals surface area contributed by atoms with Crippen molar-refractivity contribution in [2.45, 2.75) is 70.7 Å². The number of epoxide rings is 2. The molecule has 0 N–H and O–H groups in total. The van der Waals surface area contributed by atoms with Gasteiger partial charge in [-0.05, 0) is 68.4 Å². The van der Waals surface area contributed by atoms with Crippen LogP contribution < -0.4 is 0 Å². The number of allylic oxidation sites excluding steroid dienone is 1. The molecule has 2 saturated carbocycles. The third kappa shape index (κ3) is 2.37. The second-order valence-corrected chi connectivity index (χ2v) is 10.1. The fraction of sp³-hybridized carbons (Fsp3) is 0.818. The summed E-state index contributed by atoms with van der Waals surface area (Å²) in [6, 6.07) is 0. The van der Waals surface area contributed by atoms with Crippen LogP contribution in [0, 0.1) is 29.1 Å². The fourth-order valence-electron chi connectivity index (χ4n) is 7.23. The number of esters is 1. The Morgan fingerprint density at radius 2 is 1.96 bits per heavy atom. The number of hydrogen-bond acceptors (Lipinski definition) is 5. The summed E-state index contributed by atoms with van der Waals surface area (Å²) in [7, 11) is 0. The Balaban J connectivity index is 1.49. The monoisotopic (exact) mass is 374 g/mol. The van der Waals surface area contributed by atoms with E-state index < -0.39 is 0 Å². The highest BCUT2D eigenvalue weighted by Gasteiger charge is 2.76. The van der Waals surface area contributed by atoms with Crippen molar-refractivity contribution in [3.05, 3.63) is 11.6 Å². The molecule has 2 saturated heterocycles. The largest absolute Gasteiger partial charge is 0.461 e. The molecule has 5 heteroatoms.